The van der Waals surface area contributed by atoms with Gasteiger partial charge in [-0.25, -0.2) is 4.79 Å². The molecule has 0 rings (SSSR count). The zero-order chi connectivity index (χ0) is 66.1. The number of allylic oxidation sites excluding steroid dienone is 18. The second kappa shape index (κ2) is 71.8. The molecule has 0 bridgehead atoms. The topological polar surface area (TPSA) is 108 Å². The lowest BCUT2D eigenvalue weighted by Crippen LogP contribution is -2.40. The number of unbranched alkanes of at least 4 members (excludes halogenated alkanes) is 37. The second-order valence-electron chi connectivity index (χ2n) is 26.6. The van der Waals surface area contributed by atoms with E-state index in [-0.39, 0.29) is 32.2 Å². The number of hydrogen-bond donors (Lipinski definition) is 1. The number of quaternary nitrogens is 1. The third-order valence-electron chi connectivity index (χ3n) is 16.5. The number of carbonyl (C=O) groups excluding carboxylic acids is 2. The summed E-state index contributed by atoms with van der Waals surface area (Å²) in [4.78, 5) is 37.7. The van der Waals surface area contributed by atoms with Gasteiger partial charge < -0.3 is 28.5 Å². The molecular formula is C82H144NO8+. The normalized spacial score (nSPS) is 13.3. The summed E-state index contributed by atoms with van der Waals surface area (Å²) < 4.78 is 23.0. The third-order valence-corrected chi connectivity index (χ3v) is 16.5. The lowest BCUT2D eigenvalue weighted by atomic mass is 10.0. The van der Waals surface area contributed by atoms with Gasteiger partial charge in [-0.3, -0.25) is 9.59 Å². The largest absolute Gasteiger partial charge is 0.477 e. The number of aliphatic carboxylic acids is 1. The quantitative estimate of drug-likeness (QED) is 0.0211. The van der Waals surface area contributed by atoms with E-state index >= 15 is 0 Å². The smallest absolute Gasteiger partial charge is 0.361 e. The molecule has 0 saturated carbocycles. The van der Waals surface area contributed by atoms with E-state index in [0.717, 1.165) is 96.3 Å². The molecule has 524 valence electrons. The number of rotatable bonds is 70. The highest BCUT2D eigenvalue weighted by Crippen LogP contribution is 2.19. The number of carboxylic acids is 1. The van der Waals surface area contributed by atoms with Gasteiger partial charge in [-0.2, -0.15) is 0 Å². The Morgan fingerprint density at radius 1 is 0.330 bits per heavy atom. The minimum Gasteiger partial charge on any atom is -0.477 e. The first-order valence-electron chi connectivity index (χ1n) is 38.1. The standard InChI is InChI=1S/C82H143NO8/c1-6-8-10-12-14-16-18-20-22-24-26-28-30-32-33-34-35-36-37-38-39-40-41-42-43-44-45-46-47-49-51-53-55-57-59-61-63-65-67-69-71-73-80(85)91-78(77-90-82(81(86)87)88-75-74-83(3,4)5)76-89-79(84)72-70-68-66-64-62-60-58-56-54-52-50-48-31-29-27-25-23-21-19-17-15-13-11-9-7-2/h8-11,14-17,20-23,26-29,32-33,78,82H,6-7,12-13,18-19,24-25,30-31,34-77H2,1-5H3/p+1/b10-8-,11-9-,16-14-,17-15-,22-20-,23-21-,28-26-,29-27-,33-32-. The Labute approximate surface area is 562 Å². The fraction of sp³-hybridized carbons (Fsp3) is 0.744. The zero-order valence-corrected chi connectivity index (χ0v) is 60.0. The molecule has 9 heteroatoms. The predicted octanol–water partition coefficient (Wildman–Crippen LogP) is 24.1. The number of esters is 2. The van der Waals surface area contributed by atoms with E-state index in [1.807, 2.05) is 21.1 Å². The molecule has 0 saturated heterocycles. The molecule has 0 aromatic carbocycles. The first-order chi connectivity index (χ1) is 44.6. The molecule has 0 aliphatic carbocycles. The van der Waals surface area contributed by atoms with E-state index in [1.54, 1.807) is 0 Å². The molecule has 2 atom stereocenters. The lowest BCUT2D eigenvalue weighted by molar-refractivity contribution is -0.870. The van der Waals surface area contributed by atoms with Crippen LogP contribution in [0.2, 0.25) is 0 Å². The Kier molecular flexibility index (Phi) is 68.6. The highest BCUT2D eigenvalue weighted by molar-refractivity contribution is 5.71. The van der Waals surface area contributed by atoms with Crippen LogP contribution in [0.1, 0.15) is 335 Å². The summed E-state index contributed by atoms with van der Waals surface area (Å²) in [5.41, 5.74) is 0. The number of nitrogens with zero attached hydrogens (tertiary/aromatic N) is 1. The molecule has 1 N–H and O–H groups in total. The molecule has 0 radical (unpaired) electrons. The van der Waals surface area contributed by atoms with Crippen molar-refractivity contribution in [2.45, 2.75) is 347 Å². The van der Waals surface area contributed by atoms with Crippen LogP contribution in [0.4, 0.5) is 0 Å². The maximum Gasteiger partial charge on any atom is 0.361 e. The first-order valence-corrected chi connectivity index (χ1v) is 38.1. The van der Waals surface area contributed by atoms with Crippen LogP contribution < -0.4 is 0 Å². The third kappa shape index (κ3) is 73.2. The van der Waals surface area contributed by atoms with Crippen LogP contribution in [-0.2, 0) is 33.3 Å². The van der Waals surface area contributed by atoms with Crippen LogP contribution in [0.15, 0.2) is 109 Å². The van der Waals surface area contributed by atoms with Crippen molar-refractivity contribution >= 4 is 17.9 Å². The Morgan fingerprint density at radius 2 is 0.593 bits per heavy atom. The van der Waals surface area contributed by atoms with Crippen LogP contribution in [0.3, 0.4) is 0 Å². The number of carboxylic acid groups (broad SMARTS) is 1. The maximum absolute atomic E-state index is 13.0. The first kappa shape index (κ1) is 87.0. The average Bonchev–Trinajstić information content (AvgIpc) is 3.53. The minimum absolute atomic E-state index is 0.183. The summed E-state index contributed by atoms with van der Waals surface area (Å²) >= 11 is 0. The molecule has 0 fully saturated rings. The van der Waals surface area contributed by atoms with Crippen LogP contribution in [0, 0.1) is 0 Å². The molecule has 0 aliphatic heterocycles. The van der Waals surface area contributed by atoms with Crippen molar-refractivity contribution in [3.63, 3.8) is 0 Å². The monoisotopic (exact) mass is 1270 g/mol. The molecule has 2 unspecified atom stereocenters. The van der Waals surface area contributed by atoms with Gasteiger partial charge in [-0.15, -0.1) is 0 Å². The summed E-state index contributed by atoms with van der Waals surface area (Å²) in [5, 5.41) is 9.76. The van der Waals surface area contributed by atoms with Crippen LogP contribution >= 0.6 is 0 Å². The van der Waals surface area contributed by atoms with Crippen molar-refractivity contribution in [2.75, 3.05) is 47.5 Å². The van der Waals surface area contributed by atoms with Crippen LogP contribution in [-0.4, -0.2) is 87.4 Å². The van der Waals surface area contributed by atoms with Crippen molar-refractivity contribution in [1.82, 2.24) is 0 Å². The van der Waals surface area contributed by atoms with Gasteiger partial charge in [-0.05, 0) is 96.3 Å². The van der Waals surface area contributed by atoms with E-state index in [9.17, 15) is 19.5 Å². The van der Waals surface area contributed by atoms with Gasteiger partial charge in [0.15, 0.2) is 6.10 Å². The molecule has 0 aliphatic rings. The van der Waals surface area contributed by atoms with E-state index in [2.05, 4.69) is 123 Å². The Morgan fingerprint density at radius 3 is 0.879 bits per heavy atom. The predicted molar refractivity (Wildman–Crippen MR) is 392 cm³/mol. The molecule has 0 aromatic rings. The fourth-order valence-electron chi connectivity index (χ4n) is 10.8. The van der Waals surface area contributed by atoms with Gasteiger partial charge in [0.05, 0.1) is 34.4 Å². The van der Waals surface area contributed by atoms with Crippen molar-refractivity contribution in [3.05, 3.63) is 109 Å². The Balaban J connectivity index is 3.99. The molecule has 0 spiro atoms. The van der Waals surface area contributed by atoms with Crippen LogP contribution in [0.5, 0.6) is 0 Å². The summed E-state index contributed by atoms with van der Waals surface area (Å²) in [5.74, 6) is -1.99. The van der Waals surface area contributed by atoms with Gasteiger partial charge in [-0.1, -0.05) is 335 Å². The molecular weight excluding hydrogens is 1130 g/mol. The Bertz CT molecular complexity index is 1870. The summed E-state index contributed by atoms with van der Waals surface area (Å²) in [6, 6.07) is 0. The molecule has 0 heterocycles. The van der Waals surface area contributed by atoms with Gasteiger partial charge in [0, 0.05) is 12.8 Å². The number of likely N-dealkylation sites (N-methyl/N-ethyl adjacent to an activating group) is 1. The van der Waals surface area contributed by atoms with E-state index in [4.69, 9.17) is 18.9 Å². The number of hydrogen-bond acceptors (Lipinski definition) is 7. The van der Waals surface area contributed by atoms with Crippen molar-refractivity contribution in [1.29, 1.82) is 0 Å². The van der Waals surface area contributed by atoms with Gasteiger partial charge >= 0.3 is 17.9 Å². The van der Waals surface area contributed by atoms with Gasteiger partial charge in [0.2, 0.25) is 0 Å². The Hall–Kier alpha value is -4.05. The molecule has 0 aromatic heterocycles. The van der Waals surface area contributed by atoms with E-state index in [0.29, 0.717) is 17.4 Å². The van der Waals surface area contributed by atoms with E-state index in [1.165, 1.54) is 212 Å². The summed E-state index contributed by atoms with van der Waals surface area (Å²) in [6.07, 6.45) is 98.0. The van der Waals surface area contributed by atoms with Gasteiger partial charge in [0.25, 0.3) is 6.29 Å². The maximum atomic E-state index is 13.0. The fourth-order valence-corrected chi connectivity index (χ4v) is 10.8. The van der Waals surface area contributed by atoms with Crippen LogP contribution in [0.25, 0.3) is 0 Å². The number of carbonyl (C=O) groups is 3. The molecule has 0 amide bonds. The molecule has 91 heavy (non-hydrogen) atoms. The highest BCUT2D eigenvalue weighted by Gasteiger charge is 2.25. The SMILES string of the molecule is CC/C=C\C/C=C\C/C=C\C/C=C\C/C=C\CCCCCCCCCCCCCCCCCCCCCCCCCCCC(=O)OC(COC(=O)CCCCCCCCCCCCCC/C=C\C/C=C\C/C=C\C/C=C\CC)COC(OCC[N+](C)(C)C)C(=O)O. The van der Waals surface area contributed by atoms with Crippen molar-refractivity contribution < 1.29 is 42.9 Å². The summed E-state index contributed by atoms with van der Waals surface area (Å²) in [6.45, 7) is 4.69. The van der Waals surface area contributed by atoms with E-state index < -0.39 is 24.3 Å². The van der Waals surface area contributed by atoms with Crippen molar-refractivity contribution in [3.8, 4) is 0 Å². The van der Waals surface area contributed by atoms with Gasteiger partial charge in [0.1, 0.15) is 13.2 Å². The summed E-state index contributed by atoms with van der Waals surface area (Å²) in [7, 11) is 5.98. The highest BCUT2D eigenvalue weighted by atomic mass is 16.7. The second-order valence-corrected chi connectivity index (χ2v) is 26.6. The molecule has 9 nitrogen and oxygen atoms in total. The van der Waals surface area contributed by atoms with Crippen molar-refractivity contribution in [2.24, 2.45) is 0 Å². The lowest BCUT2D eigenvalue weighted by Gasteiger charge is -2.25. The minimum atomic E-state index is -1.51. The average molecular weight is 1270 g/mol. The number of ether oxygens (including phenoxy) is 4. The zero-order valence-electron chi connectivity index (χ0n) is 60.0.